The molecule has 0 N–H and O–H groups in total. The van der Waals surface area contributed by atoms with Gasteiger partial charge >= 0.3 is 174 Å². The molecule has 0 spiro atoms. The first-order valence-corrected chi connectivity index (χ1v) is 20.5. The van der Waals surface area contributed by atoms with Crippen LogP contribution in [0.1, 0.15) is 218 Å². The van der Waals surface area contributed by atoms with E-state index < -0.39 is 0 Å². The van der Waals surface area contributed by atoms with Crippen molar-refractivity contribution in [2.75, 3.05) is 13.2 Å². The summed E-state index contributed by atoms with van der Waals surface area (Å²) < 4.78 is 12.6. The zero-order chi connectivity index (χ0) is 29.6. The molecular formula is C38H72O2Se. The first-order chi connectivity index (χ1) is 20.2. The van der Waals surface area contributed by atoms with E-state index in [1.165, 1.54) is 178 Å². The Hall–Kier alpha value is -0.0805. The van der Waals surface area contributed by atoms with Gasteiger partial charge in [-0.15, -0.1) is 0 Å². The predicted octanol–water partition coefficient (Wildman–Crippen LogP) is 13.1. The molecule has 1 aromatic heterocycles. The van der Waals surface area contributed by atoms with Crippen LogP contribution in [0.3, 0.4) is 0 Å². The van der Waals surface area contributed by atoms with Crippen molar-refractivity contribution in [3.63, 3.8) is 0 Å². The zero-order valence-electron chi connectivity index (χ0n) is 28.3. The summed E-state index contributed by atoms with van der Waals surface area (Å²) in [7, 11) is 0. The van der Waals surface area contributed by atoms with Gasteiger partial charge in [0.1, 0.15) is 0 Å². The maximum absolute atomic E-state index is 6.28. The summed E-state index contributed by atoms with van der Waals surface area (Å²) in [4.78, 5) is 4.84. The fourth-order valence-corrected chi connectivity index (χ4v) is 8.05. The molecule has 0 aromatic carbocycles. The second-order valence-electron chi connectivity index (χ2n) is 12.8. The molecule has 0 saturated heterocycles. The minimum atomic E-state index is 0.199. The molecule has 1 aromatic rings. The molecule has 0 bridgehead atoms. The van der Waals surface area contributed by atoms with Crippen LogP contribution >= 0.6 is 0 Å². The minimum Gasteiger partial charge on any atom is -0.0654 e. The van der Waals surface area contributed by atoms with Crippen LogP contribution in [-0.2, 0) is 9.47 Å². The van der Waals surface area contributed by atoms with Crippen molar-refractivity contribution >= 4 is 14.5 Å². The predicted molar refractivity (Wildman–Crippen MR) is 184 cm³/mol. The Bertz CT molecular complexity index is 589. The van der Waals surface area contributed by atoms with Gasteiger partial charge in [-0.1, -0.05) is 90.9 Å². The quantitative estimate of drug-likeness (QED) is 0.0577. The molecule has 0 aliphatic heterocycles. The van der Waals surface area contributed by atoms with Crippen LogP contribution in [0.2, 0.25) is 0 Å². The monoisotopic (exact) mass is 640 g/mol. The van der Waals surface area contributed by atoms with Gasteiger partial charge in [-0.05, 0) is 0 Å². The van der Waals surface area contributed by atoms with Gasteiger partial charge in [-0.3, -0.25) is 0 Å². The van der Waals surface area contributed by atoms with Crippen LogP contribution in [0.4, 0.5) is 0 Å². The molecule has 3 heteroatoms. The molecule has 2 atom stereocenters. The summed E-state index contributed by atoms with van der Waals surface area (Å²) in [5, 5.41) is 0. The van der Waals surface area contributed by atoms with Gasteiger partial charge in [0.05, 0.1) is 0 Å². The van der Waals surface area contributed by atoms with Gasteiger partial charge < -0.3 is 0 Å². The third-order valence-electron chi connectivity index (χ3n) is 8.83. The topological polar surface area (TPSA) is 18.5 Å². The smallest absolute Gasteiger partial charge is 0.0654 e. The molecule has 1 heterocycles. The summed E-state index contributed by atoms with van der Waals surface area (Å²) in [6.07, 6.45) is 36.7. The van der Waals surface area contributed by atoms with Crippen molar-refractivity contribution in [2.45, 2.75) is 207 Å². The van der Waals surface area contributed by atoms with Gasteiger partial charge in [0.15, 0.2) is 0 Å². The van der Waals surface area contributed by atoms with E-state index in [1.54, 1.807) is 0 Å². The Morgan fingerprint density at radius 2 is 0.659 bits per heavy atom. The van der Waals surface area contributed by atoms with Crippen molar-refractivity contribution in [1.29, 1.82) is 0 Å². The van der Waals surface area contributed by atoms with Crippen LogP contribution in [-0.4, -0.2) is 27.7 Å². The summed E-state index contributed by atoms with van der Waals surface area (Å²) in [5.74, 6) is 0. The number of rotatable bonds is 32. The van der Waals surface area contributed by atoms with Gasteiger partial charge in [-0.25, -0.2) is 0 Å². The van der Waals surface area contributed by atoms with E-state index in [9.17, 15) is 0 Å². The maximum atomic E-state index is 6.28. The van der Waals surface area contributed by atoms with Gasteiger partial charge in [0, 0.05) is 0 Å². The number of ether oxygens (including phenoxy) is 2. The SMILES string of the molecule is CCCCCCCCCCCCCCCOC(C)c1c[se]cc1C(C)OCCCCCCCCCCCCCCC. The van der Waals surface area contributed by atoms with E-state index >= 15 is 0 Å². The van der Waals surface area contributed by atoms with E-state index in [-0.39, 0.29) is 12.2 Å². The molecule has 1 rings (SSSR count). The summed E-state index contributed by atoms with van der Waals surface area (Å²) >= 11 is 0.463. The first kappa shape index (κ1) is 38.9. The van der Waals surface area contributed by atoms with Crippen LogP contribution in [0.15, 0.2) is 9.88 Å². The zero-order valence-corrected chi connectivity index (χ0v) is 30.0. The van der Waals surface area contributed by atoms with E-state index in [2.05, 4.69) is 37.6 Å². The van der Waals surface area contributed by atoms with Crippen LogP contribution in [0.5, 0.6) is 0 Å². The van der Waals surface area contributed by atoms with Crippen molar-refractivity contribution in [2.24, 2.45) is 0 Å². The molecule has 2 unspecified atom stereocenters. The summed E-state index contributed by atoms with van der Waals surface area (Å²) in [5.41, 5.74) is 2.80. The van der Waals surface area contributed by atoms with Crippen molar-refractivity contribution in [3.8, 4) is 0 Å². The van der Waals surface area contributed by atoms with E-state index in [0.29, 0.717) is 14.5 Å². The summed E-state index contributed by atoms with van der Waals surface area (Å²) in [6.45, 7) is 10.9. The average Bonchev–Trinajstić information content (AvgIpc) is 3.48. The van der Waals surface area contributed by atoms with E-state index in [0.717, 1.165) is 13.2 Å². The van der Waals surface area contributed by atoms with E-state index in [1.807, 2.05) is 0 Å². The Morgan fingerprint density at radius 1 is 0.415 bits per heavy atom. The molecule has 0 saturated carbocycles. The molecule has 242 valence electrons. The fraction of sp³-hybridized carbons (Fsp3) is 0.895. The second-order valence-corrected chi connectivity index (χ2v) is 14.4. The molecule has 41 heavy (non-hydrogen) atoms. The van der Waals surface area contributed by atoms with Crippen LogP contribution in [0, 0.1) is 0 Å². The average molecular weight is 640 g/mol. The normalized spacial score (nSPS) is 13.2. The van der Waals surface area contributed by atoms with Crippen molar-refractivity contribution < 1.29 is 9.47 Å². The van der Waals surface area contributed by atoms with E-state index in [4.69, 9.17) is 9.47 Å². The number of unbranched alkanes of at least 4 members (excludes halogenated alkanes) is 24. The Balaban J connectivity index is 1.98. The fourth-order valence-electron chi connectivity index (χ4n) is 5.92. The Labute approximate surface area is 264 Å². The third kappa shape index (κ3) is 23.0. The Morgan fingerprint density at radius 3 is 0.927 bits per heavy atom. The van der Waals surface area contributed by atoms with Gasteiger partial charge in [0.25, 0.3) is 0 Å². The molecule has 0 fully saturated rings. The standard InChI is InChI=1S/C38H72O2Se/c1-5-7-9-11-13-15-17-19-21-23-25-27-29-31-39-35(3)37-33-41-34-38(37)36(4)40-32-30-28-26-24-22-20-18-16-14-12-10-8-6-2/h33-36H,5-32H2,1-4H3. The molecular weight excluding hydrogens is 567 g/mol. The van der Waals surface area contributed by atoms with Crippen molar-refractivity contribution in [3.05, 3.63) is 21.0 Å². The first-order valence-electron chi connectivity index (χ1n) is 18.5. The third-order valence-corrected chi connectivity index (χ3v) is 10.5. The van der Waals surface area contributed by atoms with Gasteiger partial charge in [0.2, 0.25) is 0 Å². The Kier molecular flexibility index (Phi) is 28.5. The van der Waals surface area contributed by atoms with Crippen molar-refractivity contribution in [1.82, 2.24) is 0 Å². The summed E-state index contributed by atoms with van der Waals surface area (Å²) in [6, 6.07) is 0. The molecule has 0 radical (unpaired) electrons. The second kappa shape index (κ2) is 30.0. The van der Waals surface area contributed by atoms with Gasteiger partial charge in [-0.2, -0.15) is 0 Å². The molecule has 0 aliphatic carbocycles. The molecule has 0 aliphatic rings. The number of hydrogen-bond donors (Lipinski definition) is 0. The van der Waals surface area contributed by atoms with Crippen LogP contribution in [0.25, 0.3) is 0 Å². The van der Waals surface area contributed by atoms with Crippen LogP contribution < -0.4 is 0 Å². The molecule has 0 amide bonds. The molecule has 2 nitrogen and oxygen atoms in total. The minimum absolute atomic E-state index is 0.199. The number of hydrogen-bond acceptors (Lipinski definition) is 2.